The third-order valence-corrected chi connectivity index (χ3v) is 6.33. The smallest absolute Gasteiger partial charge is 0.242 e. The van der Waals surface area contributed by atoms with Gasteiger partial charge in [0.25, 0.3) is 0 Å². The van der Waals surface area contributed by atoms with Crippen molar-refractivity contribution < 1.29 is 9.59 Å². The highest BCUT2D eigenvalue weighted by atomic mass is 16.2. The van der Waals surface area contributed by atoms with Crippen molar-refractivity contribution in [3.63, 3.8) is 0 Å². The number of carbonyl (C=O) groups excluding carboxylic acids is 2. The number of nitrogens with zero attached hydrogens (tertiary/aromatic N) is 3. The van der Waals surface area contributed by atoms with Gasteiger partial charge in [0.1, 0.15) is 6.54 Å². The summed E-state index contributed by atoms with van der Waals surface area (Å²) in [4.78, 5) is 30.2. The molecule has 0 aromatic carbocycles. The molecule has 0 saturated heterocycles. The van der Waals surface area contributed by atoms with E-state index in [0.29, 0.717) is 19.0 Å². The molecule has 156 valence electrons. The molecule has 0 spiro atoms. The first-order valence-corrected chi connectivity index (χ1v) is 11.3. The van der Waals surface area contributed by atoms with Crippen LogP contribution < -0.4 is 0 Å². The van der Waals surface area contributed by atoms with Crippen LogP contribution >= 0.6 is 0 Å². The van der Waals surface area contributed by atoms with Crippen LogP contribution in [-0.2, 0) is 23.2 Å². The summed E-state index contributed by atoms with van der Waals surface area (Å²) in [5, 5.41) is 0. The van der Waals surface area contributed by atoms with Crippen LogP contribution in [0.15, 0.2) is 18.3 Å². The average molecular weight is 388 g/mol. The fourth-order valence-corrected chi connectivity index (χ4v) is 4.36. The van der Waals surface area contributed by atoms with Crippen LogP contribution in [0.1, 0.15) is 83.2 Å². The fraction of sp³-hybridized carbons (Fsp3) is 0.739. The summed E-state index contributed by atoms with van der Waals surface area (Å²) in [5.74, 6) is 0.307. The molecule has 2 aliphatic carbocycles. The summed E-state index contributed by atoms with van der Waals surface area (Å²) < 4.78 is 2.08. The molecular weight excluding hydrogens is 350 g/mol. The lowest BCUT2D eigenvalue weighted by Crippen LogP contribution is -2.48. The van der Waals surface area contributed by atoms with Crippen molar-refractivity contribution in [1.82, 2.24) is 14.4 Å². The minimum atomic E-state index is 0.123. The second kappa shape index (κ2) is 10.1. The van der Waals surface area contributed by atoms with E-state index in [0.717, 1.165) is 50.6 Å². The minimum absolute atomic E-state index is 0.123. The Hall–Kier alpha value is -1.78. The highest BCUT2D eigenvalue weighted by molar-refractivity contribution is 5.85. The van der Waals surface area contributed by atoms with Gasteiger partial charge in [0.05, 0.1) is 6.54 Å². The Bertz CT molecular complexity index is 644. The lowest BCUT2D eigenvalue weighted by Gasteiger charge is -2.35. The second-order valence-electron chi connectivity index (χ2n) is 8.63. The number of aryl methyl sites for hydroxylation is 1. The lowest BCUT2D eigenvalue weighted by molar-refractivity contribution is -0.144. The second-order valence-corrected chi connectivity index (χ2v) is 8.63. The van der Waals surface area contributed by atoms with Crippen molar-refractivity contribution in [3.05, 3.63) is 24.0 Å². The quantitative estimate of drug-likeness (QED) is 0.563. The van der Waals surface area contributed by atoms with Gasteiger partial charge in [-0.05, 0) is 44.2 Å². The molecule has 2 amide bonds. The Kier molecular flexibility index (Phi) is 7.57. The van der Waals surface area contributed by atoms with Crippen molar-refractivity contribution in [2.75, 3.05) is 6.54 Å². The van der Waals surface area contributed by atoms with Gasteiger partial charge in [-0.1, -0.05) is 39.0 Å². The van der Waals surface area contributed by atoms with Gasteiger partial charge in [0.15, 0.2) is 0 Å². The van der Waals surface area contributed by atoms with E-state index in [1.807, 2.05) is 29.1 Å². The first-order valence-electron chi connectivity index (χ1n) is 11.3. The summed E-state index contributed by atoms with van der Waals surface area (Å²) in [6, 6.07) is 4.71. The fourth-order valence-electron chi connectivity index (χ4n) is 4.36. The highest BCUT2D eigenvalue weighted by Gasteiger charge is 2.35. The van der Waals surface area contributed by atoms with E-state index >= 15 is 0 Å². The molecule has 1 aromatic heterocycles. The molecule has 3 rings (SSSR count). The molecule has 2 fully saturated rings. The largest absolute Gasteiger partial charge is 0.353 e. The normalized spacial score (nSPS) is 17.5. The average Bonchev–Trinajstić information content (AvgIpc) is 3.46. The Labute approximate surface area is 170 Å². The Morgan fingerprint density at radius 3 is 2.32 bits per heavy atom. The van der Waals surface area contributed by atoms with Gasteiger partial charge in [-0.2, -0.15) is 0 Å². The van der Waals surface area contributed by atoms with Gasteiger partial charge >= 0.3 is 0 Å². The summed E-state index contributed by atoms with van der Waals surface area (Å²) >= 11 is 0. The summed E-state index contributed by atoms with van der Waals surface area (Å²) in [6.45, 7) is 3.07. The molecule has 5 nitrogen and oxygen atoms in total. The molecule has 0 bridgehead atoms. The molecule has 1 aromatic rings. The summed E-state index contributed by atoms with van der Waals surface area (Å²) in [5.41, 5.74) is 1.15. The predicted octanol–water partition coefficient (Wildman–Crippen LogP) is 4.26. The van der Waals surface area contributed by atoms with Gasteiger partial charge in [-0.25, -0.2) is 0 Å². The van der Waals surface area contributed by atoms with E-state index in [9.17, 15) is 9.59 Å². The van der Waals surface area contributed by atoms with E-state index in [-0.39, 0.29) is 24.4 Å². The Morgan fingerprint density at radius 2 is 1.71 bits per heavy atom. The number of aromatic nitrogens is 1. The van der Waals surface area contributed by atoms with Crippen molar-refractivity contribution in [2.24, 2.45) is 7.05 Å². The molecule has 2 saturated carbocycles. The van der Waals surface area contributed by atoms with Crippen LogP contribution in [0.25, 0.3) is 0 Å². The van der Waals surface area contributed by atoms with E-state index < -0.39 is 0 Å². The number of rotatable bonds is 10. The SMILES string of the molecule is CCCCCC(=O)N(CC(=O)N(Cc1cccn1C)C1CC1)C1CCCCC1. The van der Waals surface area contributed by atoms with Crippen LogP contribution in [0.4, 0.5) is 0 Å². The first kappa shape index (κ1) is 20.9. The number of amides is 2. The molecule has 0 unspecified atom stereocenters. The first-order chi connectivity index (χ1) is 13.6. The van der Waals surface area contributed by atoms with Gasteiger partial charge in [0, 0.05) is 37.4 Å². The maximum atomic E-state index is 13.3. The van der Waals surface area contributed by atoms with Gasteiger partial charge in [-0.15, -0.1) is 0 Å². The van der Waals surface area contributed by atoms with E-state index in [1.54, 1.807) is 0 Å². The van der Waals surface area contributed by atoms with Crippen LogP contribution in [-0.4, -0.2) is 44.8 Å². The molecular formula is C23H37N3O2. The van der Waals surface area contributed by atoms with Crippen molar-refractivity contribution in [2.45, 2.75) is 96.2 Å². The number of hydrogen-bond donors (Lipinski definition) is 0. The zero-order chi connectivity index (χ0) is 19.9. The molecule has 5 heteroatoms. The standard InChI is InChI=1S/C23H37N3O2/c1-3-4-6-13-22(27)26(19-10-7-5-8-11-19)18-23(28)25(20-14-15-20)17-21-12-9-16-24(21)2/h9,12,16,19-20H,3-8,10-11,13-15,17-18H2,1-2H3. The van der Waals surface area contributed by atoms with Crippen LogP contribution in [0, 0.1) is 0 Å². The predicted molar refractivity (Wildman–Crippen MR) is 112 cm³/mol. The summed E-state index contributed by atoms with van der Waals surface area (Å²) in [7, 11) is 2.02. The summed E-state index contributed by atoms with van der Waals surface area (Å²) in [6.07, 6.45) is 13.6. The zero-order valence-corrected chi connectivity index (χ0v) is 17.7. The molecule has 0 aliphatic heterocycles. The maximum Gasteiger partial charge on any atom is 0.242 e. The van der Waals surface area contributed by atoms with Crippen molar-refractivity contribution in [3.8, 4) is 0 Å². The molecule has 2 aliphatic rings. The van der Waals surface area contributed by atoms with Crippen LogP contribution in [0.3, 0.4) is 0 Å². The number of hydrogen-bond acceptors (Lipinski definition) is 2. The van der Waals surface area contributed by atoms with E-state index in [1.165, 1.54) is 19.3 Å². The van der Waals surface area contributed by atoms with Gasteiger partial charge < -0.3 is 14.4 Å². The van der Waals surface area contributed by atoms with Crippen LogP contribution in [0.2, 0.25) is 0 Å². The Balaban J connectivity index is 1.67. The van der Waals surface area contributed by atoms with Gasteiger partial charge in [0.2, 0.25) is 11.8 Å². The topological polar surface area (TPSA) is 45.6 Å². The van der Waals surface area contributed by atoms with E-state index in [4.69, 9.17) is 0 Å². The van der Waals surface area contributed by atoms with Gasteiger partial charge in [-0.3, -0.25) is 9.59 Å². The third-order valence-electron chi connectivity index (χ3n) is 6.33. The lowest BCUT2D eigenvalue weighted by atomic mass is 9.93. The zero-order valence-electron chi connectivity index (χ0n) is 17.7. The molecule has 0 radical (unpaired) electrons. The highest BCUT2D eigenvalue weighted by Crippen LogP contribution is 2.30. The van der Waals surface area contributed by atoms with Crippen molar-refractivity contribution >= 4 is 11.8 Å². The minimum Gasteiger partial charge on any atom is -0.353 e. The Morgan fingerprint density at radius 1 is 1.00 bits per heavy atom. The molecule has 28 heavy (non-hydrogen) atoms. The van der Waals surface area contributed by atoms with Crippen molar-refractivity contribution in [1.29, 1.82) is 0 Å². The molecule has 1 heterocycles. The molecule has 0 atom stereocenters. The number of unbranched alkanes of at least 4 members (excludes halogenated alkanes) is 2. The van der Waals surface area contributed by atoms with Crippen LogP contribution in [0.5, 0.6) is 0 Å². The third kappa shape index (κ3) is 5.62. The maximum absolute atomic E-state index is 13.3. The number of carbonyl (C=O) groups is 2. The molecule has 0 N–H and O–H groups in total. The monoisotopic (exact) mass is 387 g/mol. The van der Waals surface area contributed by atoms with E-state index in [2.05, 4.69) is 17.6 Å².